The van der Waals surface area contributed by atoms with Crippen LogP contribution < -0.4 is 62.2 Å². The molecule has 0 bridgehead atoms. The van der Waals surface area contributed by atoms with Crippen molar-refractivity contribution in [2.45, 2.75) is 0 Å². The van der Waals surface area contributed by atoms with E-state index in [1.807, 2.05) is 0 Å². The van der Waals surface area contributed by atoms with E-state index >= 15 is 0 Å². The number of carboxylic acids is 2. The number of hydrogen-bond acceptors (Lipinski definition) is 4. The predicted octanol–water partition coefficient (Wildman–Crippen LogP) is -3.51. The summed E-state index contributed by atoms with van der Waals surface area (Å²) in [6, 6.07) is 6.11. The number of carbonyl (C=O) groups excluding carboxylic acids is 1. The summed E-state index contributed by atoms with van der Waals surface area (Å²) < 4.78 is 0. The van der Waals surface area contributed by atoms with Gasteiger partial charge in [-0.1, -0.05) is 12.1 Å². The fourth-order valence-electron chi connectivity index (χ4n) is 0.967. The Morgan fingerprint density at radius 3 is 2.12 bits per heavy atom. The van der Waals surface area contributed by atoms with Crippen molar-refractivity contribution in [3.8, 4) is 0 Å². The van der Waals surface area contributed by atoms with Gasteiger partial charge in [-0.25, -0.2) is 4.79 Å². The summed E-state index contributed by atoms with van der Waals surface area (Å²) in [5, 5.41) is 19.0. The van der Waals surface area contributed by atoms with Crippen LogP contribution in [-0.2, 0) is 9.59 Å². The Labute approximate surface area is 134 Å². The van der Waals surface area contributed by atoms with Crippen molar-refractivity contribution in [3.05, 3.63) is 35.4 Å². The summed E-state index contributed by atoms with van der Waals surface area (Å²) in [6.07, 6.45) is 1.01. The van der Waals surface area contributed by atoms with Crippen molar-refractivity contribution in [1.82, 2.24) is 0 Å². The van der Waals surface area contributed by atoms with Gasteiger partial charge in [0, 0.05) is 5.69 Å². The number of benzene rings is 1. The number of aliphatic carboxylic acids is 2. The Hall–Kier alpha value is -0.664. The number of carboxylic acid groups (broad SMARTS) is 2. The third kappa shape index (κ3) is 4.46. The number of carbonyl (C=O) groups is 2. The van der Waals surface area contributed by atoms with Gasteiger partial charge < -0.3 is 20.7 Å². The molecule has 0 saturated carbocycles. The maximum absolute atomic E-state index is 10.5. The molecule has 0 aliphatic carbocycles. The van der Waals surface area contributed by atoms with Gasteiger partial charge in [0.2, 0.25) is 0 Å². The van der Waals surface area contributed by atoms with Gasteiger partial charge in [0.1, 0.15) is 0 Å². The molecular formula is C10H8KNO4. The average Bonchev–Trinajstić information content (AvgIpc) is 2.15. The second-order valence-corrected chi connectivity index (χ2v) is 2.82. The number of nitrogen functional groups attached to an aromatic ring is 1. The normalized spacial score (nSPS) is 10.4. The van der Waals surface area contributed by atoms with E-state index in [1.54, 1.807) is 12.1 Å². The van der Waals surface area contributed by atoms with E-state index in [2.05, 4.69) is 0 Å². The molecule has 0 aromatic heterocycles. The molecule has 0 heterocycles. The first-order chi connectivity index (χ1) is 7.00. The molecule has 78 valence electrons. The third-order valence-electron chi connectivity index (χ3n) is 1.70. The standard InChI is InChI=1S/C10H9NO4.K/c11-7-3-1-6(2-4-7)5-8(9(12)13)10(14)15;/h1-5H,11H2,(H,12,13)(H,14,15);/q;+1/p-1. The van der Waals surface area contributed by atoms with Gasteiger partial charge in [0.25, 0.3) is 0 Å². The van der Waals surface area contributed by atoms with Crippen LogP contribution in [0.2, 0.25) is 0 Å². The molecule has 0 atom stereocenters. The van der Waals surface area contributed by atoms with E-state index in [1.165, 1.54) is 12.1 Å². The largest absolute Gasteiger partial charge is 1.00 e. The molecular weight excluding hydrogens is 237 g/mol. The van der Waals surface area contributed by atoms with Crippen LogP contribution in [0.4, 0.5) is 5.69 Å². The van der Waals surface area contributed by atoms with Gasteiger partial charge in [-0.15, -0.1) is 0 Å². The summed E-state index contributed by atoms with van der Waals surface area (Å²) in [6.45, 7) is 0. The first-order valence-corrected chi connectivity index (χ1v) is 4.02. The van der Waals surface area contributed by atoms with E-state index < -0.39 is 17.5 Å². The second-order valence-electron chi connectivity index (χ2n) is 2.82. The van der Waals surface area contributed by atoms with Gasteiger partial charge in [-0.2, -0.15) is 0 Å². The molecule has 6 heteroatoms. The minimum atomic E-state index is -1.72. The molecule has 1 aromatic carbocycles. The molecule has 3 N–H and O–H groups in total. The van der Waals surface area contributed by atoms with E-state index in [0.29, 0.717) is 11.3 Å². The summed E-state index contributed by atoms with van der Waals surface area (Å²) in [5.41, 5.74) is 5.57. The van der Waals surface area contributed by atoms with Crippen LogP contribution in [-0.4, -0.2) is 17.0 Å². The van der Waals surface area contributed by atoms with Crippen molar-refractivity contribution in [3.63, 3.8) is 0 Å². The van der Waals surface area contributed by atoms with E-state index in [4.69, 9.17) is 10.8 Å². The van der Waals surface area contributed by atoms with Crippen molar-refractivity contribution < 1.29 is 71.2 Å². The Morgan fingerprint density at radius 1 is 1.25 bits per heavy atom. The zero-order chi connectivity index (χ0) is 11.4. The fourth-order valence-corrected chi connectivity index (χ4v) is 0.967. The topological polar surface area (TPSA) is 103 Å². The van der Waals surface area contributed by atoms with Crippen LogP contribution in [0.5, 0.6) is 0 Å². The molecule has 0 fully saturated rings. The molecule has 16 heavy (non-hydrogen) atoms. The summed E-state index contributed by atoms with van der Waals surface area (Å²) in [5.74, 6) is -3.26. The molecule has 0 unspecified atom stereocenters. The molecule has 0 radical (unpaired) electrons. The molecule has 5 nitrogen and oxygen atoms in total. The van der Waals surface area contributed by atoms with Gasteiger partial charge in [-0.05, 0) is 23.8 Å². The smallest absolute Gasteiger partial charge is 0.545 e. The zero-order valence-corrected chi connectivity index (χ0v) is 11.8. The van der Waals surface area contributed by atoms with E-state index in [-0.39, 0.29) is 51.4 Å². The van der Waals surface area contributed by atoms with Gasteiger partial charge in [0.05, 0.1) is 11.5 Å². The van der Waals surface area contributed by atoms with E-state index in [9.17, 15) is 14.7 Å². The number of rotatable bonds is 3. The van der Waals surface area contributed by atoms with Gasteiger partial charge in [-0.3, -0.25) is 0 Å². The minimum Gasteiger partial charge on any atom is -0.545 e. The quantitative estimate of drug-likeness (QED) is 0.189. The Bertz CT molecular complexity index is 409. The van der Waals surface area contributed by atoms with Gasteiger partial charge in [0.15, 0.2) is 0 Å². The van der Waals surface area contributed by atoms with Crippen LogP contribution in [0, 0.1) is 0 Å². The number of anilines is 1. The molecule has 0 amide bonds. The molecule has 0 saturated heterocycles. The van der Waals surface area contributed by atoms with Crippen LogP contribution in [0.1, 0.15) is 5.56 Å². The van der Waals surface area contributed by atoms with Crippen molar-refractivity contribution in [1.29, 1.82) is 0 Å². The van der Waals surface area contributed by atoms with Crippen LogP contribution >= 0.6 is 0 Å². The van der Waals surface area contributed by atoms with Crippen LogP contribution in [0.3, 0.4) is 0 Å². The Morgan fingerprint density at radius 2 is 1.75 bits per heavy atom. The predicted molar refractivity (Wildman–Crippen MR) is 51.5 cm³/mol. The summed E-state index contributed by atoms with van der Waals surface area (Å²) in [4.78, 5) is 20.9. The Balaban J connectivity index is 0.00000225. The fraction of sp³-hybridized carbons (Fsp3) is 0. The number of hydrogen-bond donors (Lipinski definition) is 2. The molecule has 0 aliphatic heterocycles. The van der Waals surface area contributed by atoms with Crippen LogP contribution in [0.25, 0.3) is 6.08 Å². The number of nitrogens with two attached hydrogens (primary N) is 1. The maximum Gasteiger partial charge on any atom is 1.00 e. The molecule has 1 rings (SSSR count). The first-order valence-electron chi connectivity index (χ1n) is 4.02. The molecule has 0 aliphatic rings. The average molecular weight is 245 g/mol. The monoisotopic (exact) mass is 245 g/mol. The summed E-state index contributed by atoms with van der Waals surface area (Å²) in [7, 11) is 0. The molecule has 0 spiro atoms. The summed E-state index contributed by atoms with van der Waals surface area (Å²) >= 11 is 0. The Kier molecular flexibility index (Phi) is 6.54. The van der Waals surface area contributed by atoms with Crippen molar-refractivity contribution in [2.24, 2.45) is 0 Å². The van der Waals surface area contributed by atoms with Crippen molar-refractivity contribution >= 4 is 23.7 Å². The zero-order valence-electron chi connectivity index (χ0n) is 8.64. The SMILES string of the molecule is Nc1ccc(/C=C(/C(=O)[O-])C(=O)O)cc1.[K+]. The van der Waals surface area contributed by atoms with E-state index in [0.717, 1.165) is 6.08 Å². The van der Waals surface area contributed by atoms with Crippen molar-refractivity contribution in [2.75, 3.05) is 5.73 Å². The minimum absolute atomic E-state index is 0. The maximum atomic E-state index is 10.5. The van der Waals surface area contributed by atoms with Crippen LogP contribution in [0.15, 0.2) is 29.8 Å². The second kappa shape index (κ2) is 6.82. The first kappa shape index (κ1) is 15.3. The molecule has 1 aromatic rings. The third-order valence-corrected chi connectivity index (χ3v) is 1.70. The van der Waals surface area contributed by atoms with Gasteiger partial charge >= 0.3 is 57.4 Å².